The number of rotatable bonds is 0. The lowest BCUT2D eigenvalue weighted by Gasteiger charge is -2.04. The highest BCUT2D eigenvalue weighted by Gasteiger charge is 2.43. The molecule has 0 unspecified atom stereocenters. The van der Waals surface area contributed by atoms with Gasteiger partial charge in [0.1, 0.15) is 12.2 Å². The van der Waals surface area contributed by atoms with Crippen molar-refractivity contribution in [2.75, 3.05) is 0 Å². The molecule has 0 spiro atoms. The molecule has 1 aliphatic heterocycles. The first kappa shape index (κ1) is 4.53. The van der Waals surface area contributed by atoms with Crippen molar-refractivity contribution >= 4 is 0 Å². The molecule has 1 heterocycles. The second-order valence-electron chi connectivity index (χ2n) is 2.30. The average molecular weight is 112 g/mol. The normalized spacial score (nSPS) is 50.9. The van der Waals surface area contributed by atoms with Crippen molar-refractivity contribution in [1.29, 1.82) is 0 Å². The number of ether oxygens (including phenoxy) is 1. The van der Waals surface area contributed by atoms with E-state index in [1.807, 2.05) is 12.2 Å². The minimum atomic E-state index is -0.231. The van der Waals surface area contributed by atoms with E-state index in [1.54, 1.807) is 0 Å². The molecule has 1 saturated heterocycles. The highest BCUT2D eigenvalue weighted by atomic mass is 16.6. The summed E-state index contributed by atoms with van der Waals surface area (Å²) in [6.45, 7) is 0. The summed E-state index contributed by atoms with van der Waals surface area (Å²) < 4.78 is 5.05. The molecule has 1 aliphatic carbocycles. The van der Waals surface area contributed by atoms with Crippen LogP contribution in [0.4, 0.5) is 0 Å². The first-order chi connectivity index (χ1) is 3.88. The molecular formula is C6H8O2. The summed E-state index contributed by atoms with van der Waals surface area (Å²) in [4.78, 5) is 0. The Morgan fingerprint density at radius 1 is 1.62 bits per heavy atom. The Morgan fingerprint density at radius 3 is 3.12 bits per heavy atom. The third kappa shape index (κ3) is 0.501. The molecule has 2 aliphatic rings. The summed E-state index contributed by atoms with van der Waals surface area (Å²) >= 11 is 0. The van der Waals surface area contributed by atoms with Crippen molar-refractivity contribution in [3.05, 3.63) is 12.2 Å². The van der Waals surface area contributed by atoms with Crippen molar-refractivity contribution in [2.45, 2.75) is 24.7 Å². The zero-order valence-corrected chi connectivity index (χ0v) is 4.45. The van der Waals surface area contributed by atoms with E-state index in [4.69, 9.17) is 9.84 Å². The lowest BCUT2D eigenvalue weighted by Crippen LogP contribution is -2.17. The van der Waals surface area contributed by atoms with Gasteiger partial charge in [-0.25, -0.2) is 0 Å². The molecule has 2 heteroatoms. The third-order valence-corrected chi connectivity index (χ3v) is 1.64. The van der Waals surface area contributed by atoms with Crippen LogP contribution in [0.25, 0.3) is 0 Å². The minimum absolute atomic E-state index is 0.139. The summed E-state index contributed by atoms with van der Waals surface area (Å²) in [5.74, 6) is 0. The van der Waals surface area contributed by atoms with Gasteiger partial charge in [0.25, 0.3) is 0 Å². The van der Waals surface area contributed by atoms with Crippen LogP contribution in [0, 0.1) is 0 Å². The number of epoxide rings is 1. The van der Waals surface area contributed by atoms with Gasteiger partial charge < -0.3 is 9.84 Å². The Hall–Kier alpha value is -0.340. The molecular weight excluding hydrogens is 104 g/mol. The molecule has 0 aromatic rings. The molecule has 1 N–H and O–H groups in total. The first-order valence-electron chi connectivity index (χ1n) is 2.88. The van der Waals surface area contributed by atoms with Gasteiger partial charge in [0, 0.05) is 0 Å². The Bertz CT molecular complexity index is 130. The quantitative estimate of drug-likeness (QED) is 0.355. The van der Waals surface area contributed by atoms with Crippen LogP contribution in [0.2, 0.25) is 0 Å². The highest BCUT2D eigenvalue weighted by Crippen LogP contribution is 2.31. The van der Waals surface area contributed by atoms with Crippen molar-refractivity contribution in [3.8, 4) is 0 Å². The fraction of sp³-hybridized carbons (Fsp3) is 0.667. The van der Waals surface area contributed by atoms with Crippen molar-refractivity contribution in [3.63, 3.8) is 0 Å². The smallest absolute Gasteiger partial charge is 0.114 e. The predicted octanol–water partition coefficient (Wildman–Crippen LogP) is 0.0746. The lowest BCUT2D eigenvalue weighted by molar-refractivity contribution is 0.138. The fourth-order valence-electron chi connectivity index (χ4n) is 1.09. The van der Waals surface area contributed by atoms with Gasteiger partial charge in [0.15, 0.2) is 0 Å². The van der Waals surface area contributed by atoms with Crippen molar-refractivity contribution in [1.82, 2.24) is 0 Å². The molecule has 2 nitrogen and oxygen atoms in total. The molecule has 0 aromatic carbocycles. The van der Waals surface area contributed by atoms with Gasteiger partial charge in [-0.2, -0.15) is 0 Å². The van der Waals surface area contributed by atoms with E-state index in [1.165, 1.54) is 0 Å². The SMILES string of the molecule is O[C@H]1CC=C[C@@H]2O[C@@H]21. The van der Waals surface area contributed by atoms with Gasteiger partial charge in [-0.05, 0) is 6.42 Å². The Labute approximate surface area is 47.8 Å². The molecule has 0 aromatic heterocycles. The van der Waals surface area contributed by atoms with Crippen LogP contribution in [0.1, 0.15) is 6.42 Å². The van der Waals surface area contributed by atoms with Gasteiger partial charge >= 0.3 is 0 Å². The molecule has 8 heavy (non-hydrogen) atoms. The van der Waals surface area contributed by atoms with E-state index in [-0.39, 0.29) is 18.3 Å². The van der Waals surface area contributed by atoms with Crippen molar-refractivity contribution < 1.29 is 9.84 Å². The summed E-state index contributed by atoms with van der Waals surface area (Å²) in [6.07, 6.45) is 4.90. The van der Waals surface area contributed by atoms with Crippen LogP contribution >= 0.6 is 0 Å². The number of hydrogen-bond acceptors (Lipinski definition) is 2. The van der Waals surface area contributed by atoms with E-state index >= 15 is 0 Å². The molecule has 2 rings (SSSR count). The number of aliphatic hydroxyl groups is 1. The maximum Gasteiger partial charge on any atom is 0.114 e. The fourth-order valence-corrected chi connectivity index (χ4v) is 1.09. The predicted molar refractivity (Wildman–Crippen MR) is 28.4 cm³/mol. The molecule has 0 bridgehead atoms. The maximum atomic E-state index is 9.04. The monoisotopic (exact) mass is 112 g/mol. The highest BCUT2D eigenvalue weighted by molar-refractivity contribution is 5.11. The van der Waals surface area contributed by atoms with Crippen LogP contribution in [0.15, 0.2) is 12.2 Å². The van der Waals surface area contributed by atoms with E-state index in [2.05, 4.69) is 0 Å². The standard InChI is InChI=1S/C6H8O2/c7-4-2-1-3-5-6(4)8-5/h1,3-7H,2H2/t4-,5-,6+/m0/s1. The van der Waals surface area contributed by atoms with Gasteiger partial charge in [-0.1, -0.05) is 12.2 Å². The number of fused-ring (bicyclic) bond motifs is 1. The van der Waals surface area contributed by atoms with Gasteiger partial charge in [0.05, 0.1) is 6.10 Å². The average Bonchev–Trinajstić information content (AvgIpc) is 2.45. The zero-order chi connectivity index (χ0) is 5.56. The number of hydrogen-bond donors (Lipinski definition) is 1. The van der Waals surface area contributed by atoms with Gasteiger partial charge in [0.2, 0.25) is 0 Å². The van der Waals surface area contributed by atoms with Gasteiger partial charge in [-0.3, -0.25) is 0 Å². The minimum Gasteiger partial charge on any atom is -0.390 e. The van der Waals surface area contributed by atoms with E-state index in [0.29, 0.717) is 0 Å². The zero-order valence-electron chi connectivity index (χ0n) is 4.45. The number of aliphatic hydroxyl groups excluding tert-OH is 1. The van der Waals surface area contributed by atoms with Crippen LogP contribution in [0.3, 0.4) is 0 Å². The molecule has 44 valence electrons. The Kier molecular flexibility index (Phi) is 0.754. The van der Waals surface area contributed by atoms with Crippen molar-refractivity contribution in [2.24, 2.45) is 0 Å². The van der Waals surface area contributed by atoms with Gasteiger partial charge in [-0.15, -0.1) is 0 Å². The topological polar surface area (TPSA) is 32.8 Å². The van der Waals surface area contributed by atoms with E-state index in [0.717, 1.165) is 6.42 Å². The first-order valence-corrected chi connectivity index (χ1v) is 2.88. The Morgan fingerprint density at radius 2 is 2.50 bits per heavy atom. The third-order valence-electron chi connectivity index (χ3n) is 1.64. The van der Waals surface area contributed by atoms with E-state index in [9.17, 15) is 0 Å². The van der Waals surface area contributed by atoms with Crippen LogP contribution in [-0.2, 0) is 4.74 Å². The molecule has 0 amide bonds. The Balaban J connectivity index is 2.13. The largest absolute Gasteiger partial charge is 0.390 e. The second kappa shape index (κ2) is 1.33. The molecule has 0 saturated carbocycles. The molecule has 3 atom stereocenters. The molecule has 0 radical (unpaired) electrons. The summed E-state index contributed by atoms with van der Waals surface area (Å²) in [5.41, 5.74) is 0. The summed E-state index contributed by atoms with van der Waals surface area (Å²) in [6, 6.07) is 0. The second-order valence-corrected chi connectivity index (χ2v) is 2.30. The van der Waals surface area contributed by atoms with Crippen LogP contribution < -0.4 is 0 Å². The van der Waals surface area contributed by atoms with Crippen LogP contribution in [-0.4, -0.2) is 23.4 Å². The summed E-state index contributed by atoms with van der Waals surface area (Å²) in [7, 11) is 0. The van der Waals surface area contributed by atoms with E-state index < -0.39 is 0 Å². The molecule has 1 fully saturated rings. The summed E-state index contributed by atoms with van der Waals surface area (Å²) in [5, 5.41) is 9.04. The maximum absolute atomic E-state index is 9.04. The van der Waals surface area contributed by atoms with Crippen LogP contribution in [0.5, 0.6) is 0 Å². The lowest BCUT2D eigenvalue weighted by atomic mass is 10.1.